The summed E-state index contributed by atoms with van der Waals surface area (Å²) >= 11 is 0. The highest BCUT2D eigenvalue weighted by Gasteiger charge is 2.41. The molecule has 0 aromatic rings. The summed E-state index contributed by atoms with van der Waals surface area (Å²) in [6.45, 7) is 7.68. The maximum absolute atomic E-state index is 12.7. The van der Waals surface area contributed by atoms with Crippen molar-refractivity contribution >= 4 is 20.2 Å². The Kier molecular flexibility index (Phi) is 12.2. The van der Waals surface area contributed by atoms with Crippen molar-refractivity contribution in [3.8, 4) is 0 Å². The van der Waals surface area contributed by atoms with Crippen LogP contribution in [0, 0.1) is 11.8 Å². The lowest BCUT2D eigenvalue weighted by Crippen LogP contribution is -2.40. The second-order valence-electron chi connectivity index (χ2n) is 7.12. The first kappa shape index (κ1) is 27.6. The highest BCUT2D eigenvalue weighted by molar-refractivity contribution is 8.11. The van der Waals surface area contributed by atoms with Gasteiger partial charge in [-0.3, -0.25) is 0 Å². The minimum Gasteiger partial charge on any atom is -0.415 e. The number of nitrogens with zero attached hydrogens (tertiary/aromatic N) is 2. The van der Waals surface area contributed by atoms with Crippen LogP contribution in [0.25, 0.3) is 4.13 Å². The average molecular weight is 452 g/mol. The van der Waals surface area contributed by atoms with Crippen LogP contribution in [0.1, 0.15) is 79.1 Å². The lowest BCUT2D eigenvalue weighted by atomic mass is 9.97. The molecule has 0 bridgehead atoms. The second-order valence-corrected chi connectivity index (χ2v) is 10.5. The molecule has 0 aliphatic rings. The van der Waals surface area contributed by atoms with E-state index in [1.165, 1.54) is 0 Å². The molecule has 0 amide bonds. The molecule has 11 heteroatoms. The van der Waals surface area contributed by atoms with Crippen LogP contribution >= 0.6 is 0 Å². The van der Waals surface area contributed by atoms with Gasteiger partial charge < -0.3 is 4.13 Å². The Morgan fingerprint density at radius 3 is 1.50 bits per heavy atom. The summed E-state index contributed by atoms with van der Waals surface area (Å²) in [6, 6.07) is 0. The van der Waals surface area contributed by atoms with E-state index >= 15 is 0 Å². The number of rotatable bonds is 15. The van der Waals surface area contributed by atoms with Crippen molar-refractivity contribution in [2.45, 2.75) is 84.6 Å². The van der Waals surface area contributed by atoms with Crippen molar-refractivity contribution < 1.29 is 30.0 Å². The van der Waals surface area contributed by atoms with Crippen LogP contribution < -0.4 is 0 Å². The molecule has 0 rings (SSSR count). The summed E-state index contributed by atoms with van der Waals surface area (Å²) in [5.41, 5.74) is -5.75. The van der Waals surface area contributed by atoms with E-state index in [9.17, 15) is 30.0 Å². The SMILES string of the molecule is CCCCC(CC)CN(CC(CC)CCCC)S(=O)(=O)[N-]S(=O)(=O)C(F)(F)F. The van der Waals surface area contributed by atoms with Crippen LogP contribution in [-0.4, -0.2) is 39.7 Å². The van der Waals surface area contributed by atoms with E-state index in [4.69, 9.17) is 0 Å². The summed E-state index contributed by atoms with van der Waals surface area (Å²) in [5, 5.41) is 0. The average Bonchev–Trinajstić information content (AvgIpc) is 2.58. The summed E-state index contributed by atoms with van der Waals surface area (Å²) < 4.78 is 88.8. The van der Waals surface area contributed by atoms with E-state index in [0.29, 0.717) is 12.8 Å². The van der Waals surface area contributed by atoms with Gasteiger partial charge in [0.25, 0.3) is 0 Å². The van der Waals surface area contributed by atoms with Crippen LogP contribution in [0.2, 0.25) is 0 Å². The van der Waals surface area contributed by atoms with Crippen LogP contribution in [0.4, 0.5) is 13.2 Å². The zero-order chi connectivity index (χ0) is 22.0. The minimum absolute atomic E-state index is 0.0294. The fraction of sp³-hybridized carbons (Fsp3) is 1.00. The van der Waals surface area contributed by atoms with Gasteiger partial charge in [0.1, 0.15) is 10.2 Å². The number of alkyl halides is 3. The van der Waals surface area contributed by atoms with Gasteiger partial charge in [-0.2, -0.15) is 13.2 Å². The highest BCUT2D eigenvalue weighted by Crippen LogP contribution is 2.32. The molecule has 0 aromatic heterocycles. The van der Waals surface area contributed by atoms with Crippen LogP contribution in [0.5, 0.6) is 0 Å². The first-order chi connectivity index (χ1) is 12.8. The fourth-order valence-corrected chi connectivity index (χ4v) is 5.39. The molecule has 6 nitrogen and oxygen atoms in total. The van der Waals surface area contributed by atoms with Crippen molar-refractivity contribution in [1.82, 2.24) is 4.31 Å². The Balaban J connectivity index is 5.66. The molecule has 0 saturated heterocycles. The van der Waals surface area contributed by atoms with Crippen molar-refractivity contribution in [3.05, 3.63) is 4.13 Å². The Morgan fingerprint density at radius 2 is 1.21 bits per heavy atom. The molecule has 2 atom stereocenters. The van der Waals surface area contributed by atoms with Crippen molar-refractivity contribution in [3.63, 3.8) is 0 Å². The van der Waals surface area contributed by atoms with E-state index in [2.05, 4.69) is 4.13 Å². The Morgan fingerprint density at radius 1 is 0.821 bits per heavy atom. The molecule has 0 aliphatic heterocycles. The molecule has 28 heavy (non-hydrogen) atoms. The fourth-order valence-electron chi connectivity index (χ4n) is 2.89. The monoisotopic (exact) mass is 451 g/mol. The van der Waals surface area contributed by atoms with E-state index in [-0.39, 0.29) is 24.9 Å². The predicted octanol–water partition coefficient (Wildman–Crippen LogP) is 5.19. The first-order valence-corrected chi connectivity index (χ1v) is 12.7. The number of halogens is 3. The van der Waals surface area contributed by atoms with E-state index in [1.54, 1.807) is 0 Å². The molecular weight excluding hydrogens is 417 g/mol. The number of hydrogen-bond donors (Lipinski definition) is 0. The topological polar surface area (TPSA) is 85.6 Å². The van der Waals surface area contributed by atoms with E-state index < -0.39 is 25.7 Å². The molecule has 0 heterocycles. The molecule has 0 fully saturated rings. The summed E-state index contributed by atoms with van der Waals surface area (Å²) in [5.74, 6) is -0.135. The summed E-state index contributed by atoms with van der Waals surface area (Å²) in [4.78, 5) is 0. The van der Waals surface area contributed by atoms with Crippen molar-refractivity contribution in [2.75, 3.05) is 13.1 Å². The molecule has 0 spiro atoms. The standard InChI is InChI=1S/C17H34F3N2O4S2/c1-5-9-11-15(7-3)13-22(14-16(8-4)12-10-6-2)28(25,26)21-27(23,24)17(18,19)20/h15-16H,5-14H2,1-4H3/q-1. The highest BCUT2D eigenvalue weighted by atomic mass is 32.3. The van der Waals surface area contributed by atoms with Gasteiger partial charge in [0.15, 0.2) is 10.0 Å². The Hall–Kier alpha value is -0.390. The zero-order valence-corrected chi connectivity index (χ0v) is 18.8. The molecule has 2 unspecified atom stereocenters. The first-order valence-electron chi connectivity index (χ1n) is 9.90. The number of hydrogen-bond acceptors (Lipinski definition) is 4. The number of sulfonamides is 1. The second kappa shape index (κ2) is 12.3. The van der Waals surface area contributed by atoms with Crippen LogP contribution in [0.3, 0.4) is 0 Å². The molecule has 0 aliphatic carbocycles. The maximum atomic E-state index is 12.7. The largest absolute Gasteiger partial charge is 0.480 e. The van der Waals surface area contributed by atoms with Gasteiger partial charge in [-0.15, -0.1) is 0 Å². The van der Waals surface area contributed by atoms with Gasteiger partial charge in [0.05, 0.1) is 0 Å². The minimum atomic E-state index is -6.12. The molecule has 0 radical (unpaired) electrons. The third-order valence-corrected chi connectivity index (χ3v) is 7.90. The van der Waals surface area contributed by atoms with Crippen molar-refractivity contribution in [2.24, 2.45) is 11.8 Å². The Bertz CT molecular complexity index is 619. The summed E-state index contributed by atoms with van der Waals surface area (Å²) in [7, 11) is -11.1. The molecule has 0 saturated carbocycles. The summed E-state index contributed by atoms with van der Waals surface area (Å²) in [6.07, 6.45) is 6.25. The van der Waals surface area contributed by atoms with E-state index in [0.717, 1.165) is 42.8 Å². The van der Waals surface area contributed by atoms with Crippen LogP contribution in [-0.2, 0) is 20.2 Å². The smallest absolute Gasteiger partial charge is 0.415 e. The quantitative estimate of drug-likeness (QED) is 0.343. The maximum Gasteiger partial charge on any atom is 0.480 e. The molecular formula is C17H34F3N2O4S2-. The predicted molar refractivity (Wildman–Crippen MR) is 105 cm³/mol. The lowest BCUT2D eigenvalue weighted by Gasteiger charge is -2.35. The van der Waals surface area contributed by atoms with Gasteiger partial charge in [0, 0.05) is 13.1 Å². The molecule has 0 N–H and O–H groups in total. The van der Waals surface area contributed by atoms with Gasteiger partial charge in [-0.1, -0.05) is 66.2 Å². The molecule has 170 valence electrons. The van der Waals surface area contributed by atoms with Crippen molar-refractivity contribution in [1.29, 1.82) is 0 Å². The van der Waals surface area contributed by atoms with Gasteiger partial charge in [-0.25, -0.2) is 21.1 Å². The Labute approximate surface area is 168 Å². The van der Waals surface area contributed by atoms with E-state index in [1.807, 2.05) is 27.7 Å². The van der Waals surface area contributed by atoms with Gasteiger partial charge in [-0.05, 0) is 24.7 Å². The third-order valence-electron chi connectivity index (χ3n) is 4.82. The third kappa shape index (κ3) is 9.41. The van der Waals surface area contributed by atoms with Gasteiger partial charge in [0.2, 0.25) is 0 Å². The number of unbranched alkanes of at least 4 members (excludes halogenated alkanes) is 2. The normalized spacial score (nSPS) is 15.7. The van der Waals surface area contributed by atoms with Gasteiger partial charge >= 0.3 is 5.51 Å². The lowest BCUT2D eigenvalue weighted by molar-refractivity contribution is -0.0425. The molecule has 0 aromatic carbocycles. The van der Waals surface area contributed by atoms with Crippen LogP contribution in [0.15, 0.2) is 0 Å². The zero-order valence-electron chi connectivity index (χ0n) is 17.2.